The first-order valence-electron chi connectivity index (χ1n) is 8.49. The minimum Gasteiger partial charge on any atom is -0.388 e. The van der Waals surface area contributed by atoms with E-state index in [1.807, 2.05) is 13.8 Å². The van der Waals surface area contributed by atoms with Crippen LogP contribution in [0.15, 0.2) is 41.4 Å². The van der Waals surface area contributed by atoms with Crippen molar-refractivity contribution in [3.05, 3.63) is 53.5 Å². The zero-order chi connectivity index (χ0) is 20.4. The van der Waals surface area contributed by atoms with Gasteiger partial charge in [0.05, 0.1) is 29.1 Å². The molecule has 0 amide bonds. The molecule has 0 aliphatic heterocycles. The summed E-state index contributed by atoms with van der Waals surface area (Å²) in [7, 11) is 0. The Morgan fingerprint density at radius 3 is 2.11 bits per heavy atom. The first-order valence-corrected chi connectivity index (χ1v) is 8.49. The lowest BCUT2D eigenvalue weighted by molar-refractivity contribution is -0.137. The van der Waals surface area contributed by atoms with E-state index in [0.29, 0.717) is 11.3 Å². The maximum absolute atomic E-state index is 14.1. The van der Waals surface area contributed by atoms with E-state index in [1.54, 1.807) is 13.8 Å². The number of hydrogen-bond acceptors (Lipinski definition) is 3. The summed E-state index contributed by atoms with van der Waals surface area (Å²) in [5.41, 5.74) is -1.13. The average molecular weight is 382 g/mol. The number of halogens is 4. The van der Waals surface area contributed by atoms with Crippen molar-refractivity contribution in [1.29, 1.82) is 0 Å². The van der Waals surface area contributed by atoms with Crippen molar-refractivity contribution in [1.82, 2.24) is 4.98 Å². The largest absolute Gasteiger partial charge is 0.416 e. The van der Waals surface area contributed by atoms with Crippen LogP contribution in [0.4, 0.5) is 17.6 Å². The van der Waals surface area contributed by atoms with Crippen molar-refractivity contribution in [2.45, 2.75) is 45.5 Å². The van der Waals surface area contributed by atoms with E-state index in [2.05, 4.69) is 9.98 Å². The molecule has 1 aromatic carbocycles. The molecule has 0 saturated heterocycles. The number of aliphatic hydroxyl groups is 1. The van der Waals surface area contributed by atoms with Crippen LogP contribution in [0.3, 0.4) is 0 Å². The van der Waals surface area contributed by atoms with Crippen LogP contribution in [-0.4, -0.2) is 27.9 Å². The van der Waals surface area contributed by atoms with Gasteiger partial charge < -0.3 is 5.11 Å². The van der Waals surface area contributed by atoms with E-state index >= 15 is 0 Å². The number of pyridine rings is 1. The second-order valence-corrected chi connectivity index (χ2v) is 7.26. The molecule has 0 radical (unpaired) electrons. The number of hydrogen-bond donors (Lipinski definition) is 1. The van der Waals surface area contributed by atoms with Crippen LogP contribution in [-0.2, 0) is 6.18 Å². The fourth-order valence-electron chi connectivity index (χ4n) is 2.86. The van der Waals surface area contributed by atoms with Gasteiger partial charge in [-0.05, 0) is 44.0 Å². The Morgan fingerprint density at radius 1 is 1.04 bits per heavy atom. The first-order chi connectivity index (χ1) is 12.4. The third kappa shape index (κ3) is 5.35. The number of aromatic nitrogens is 1. The second kappa shape index (κ2) is 7.76. The van der Waals surface area contributed by atoms with Crippen molar-refractivity contribution in [2.24, 2.45) is 10.9 Å². The van der Waals surface area contributed by atoms with Crippen molar-refractivity contribution in [3.63, 3.8) is 0 Å². The molecule has 2 aromatic rings. The van der Waals surface area contributed by atoms with Crippen LogP contribution in [0.2, 0.25) is 0 Å². The molecule has 1 N–H and O–H groups in total. The molecule has 1 atom stereocenters. The van der Waals surface area contributed by atoms with E-state index in [0.717, 1.165) is 12.1 Å². The van der Waals surface area contributed by atoms with Crippen LogP contribution < -0.4 is 0 Å². The normalized spacial score (nSPS) is 14.1. The van der Waals surface area contributed by atoms with Gasteiger partial charge in [-0.2, -0.15) is 13.2 Å². The molecule has 2 rings (SSSR count). The predicted molar refractivity (Wildman–Crippen MR) is 97.2 cm³/mol. The van der Waals surface area contributed by atoms with E-state index in [9.17, 15) is 22.7 Å². The Morgan fingerprint density at radius 2 is 1.63 bits per heavy atom. The van der Waals surface area contributed by atoms with Gasteiger partial charge in [0.25, 0.3) is 0 Å². The SMILES string of the molecule is CC(C)[C@@H](/N=C/c1nc(-c2ccc(C(F)(F)F)cc2)ccc1F)C(C)(C)O. The van der Waals surface area contributed by atoms with Crippen LogP contribution in [0.1, 0.15) is 39.0 Å². The first kappa shape index (κ1) is 21.0. The molecule has 0 unspecified atom stereocenters. The summed E-state index contributed by atoms with van der Waals surface area (Å²) in [6.45, 7) is 7.03. The molecule has 7 heteroatoms. The van der Waals surface area contributed by atoms with Gasteiger partial charge in [0.15, 0.2) is 0 Å². The molecule has 0 aliphatic carbocycles. The van der Waals surface area contributed by atoms with Crippen molar-refractivity contribution < 1.29 is 22.7 Å². The summed E-state index contributed by atoms with van der Waals surface area (Å²) in [5.74, 6) is -0.588. The average Bonchev–Trinajstić information content (AvgIpc) is 2.54. The van der Waals surface area contributed by atoms with Gasteiger partial charge in [-0.3, -0.25) is 4.99 Å². The molecular formula is C20H22F4N2O. The number of alkyl halides is 3. The zero-order valence-corrected chi connectivity index (χ0v) is 15.5. The van der Waals surface area contributed by atoms with E-state index < -0.39 is 29.2 Å². The molecule has 1 aromatic heterocycles. The highest BCUT2D eigenvalue weighted by atomic mass is 19.4. The topological polar surface area (TPSA) is 45.5 Å². The number of nitrogens with zero attached hydrogens (tertiary/aromatic N) is 2. The monoisotopic (exact) mass is 382 g/mol. The second-order valence-electron chi connectivity index (χ2n) is 7.26. The molecule has 0 aliphatic rings. The Bertz CT molecular complexity index is 806. The molecule has 1 heterocycles. The van der Waals surface area contributed by atoms with Gasteiger partial charge in [-0.15, -0.1) is 0 Å². The molecule has 0 fully saturated rings. The lowest BCUT2D eigenvalue weighted by Gasteiger charge is -2.29. The van der Waals surface area contributed by atoms with Gasteiger partial charge in [0, 0.05) is 5.56 Å². The highest BCUT2D eigenvalue weighted by Gasteiger charge is 2.30. The summed E-state index contributed by atoms with van der Waals surface area (Å²) >= 11 is 0. The lowest BCUT2D eigenvalue weighted by Crippen LogP contribution is -2.38. The molecule has 146 valence electrons. The number of benzene rings is 1. The number of aliphatic imine (C=N–C) groups is 1. The Labute approximate surface area is 155 Å². The van der Waals surface area contributed by atoms with Gasteiger partial charge >= 0.3 is 6.18 Å². The van der Waals surface area contributed by atoms with Gasteiger partial charge in [-0.25, -0.2) is 9.37 Å². The van der Waals surface area contributed by atoms with E-state index in [-0.39, 0.29) is 11.6 Å². The Hall–Kier alpha value is -2.28. The summed E-state index contributed by atoms with van der Waals surface area (Å²) in [4.78, 5) is 8.44. The van der Waals surface area contributed by atoms with Crippen LogP contribution >= 0.6 is 0 Å². The molecule has 3 nitrogen and oxygen atoms in total. The summed E-state index contributed by atoms with van der Waals surface area (Å²) in [6, 6.07) is 6.61. The number of rotatable bonds is 5. The molecular weight excluding hydrogens is 360 g/mol. The zero-order valence-electron chi connectivity index (χ0n) is 15.5. The van der Waals surface area contributed by atoms with Gasteiger partial charge in [0.2, 0.25) is 0 Å². The fourth-order valence-corrected chi connectivity index (χ4v) is 2.86. The molecule has 0 bridgehead atoms. The minimum atomic E-state index is -4.42. The summed E-state index contributed by atoms with van der Waals surface area (Å²) in [6.07, 6.45) is -3.17. The highest BCUT2D eigenvalue weighted by molar-refractivity contribution is 5.79. The standard InChI is InChI=1S/C20H22F4N2O/c1-12(2)18(19(3,4)27)25-11-17-15(21)9-10-16(26-17)13-5-7-14(8-6-13)20(22,23)24/h5-12,18,27H,1-4H3/b25-11+/t18-/m1/s1. The van der Waals surface area contributed by atoms with Gasteiger partial charge in [0.1, 0.15) is 11.5 Å². The van der Waals surface area contributed by atoms with Crippen LogP contribution in [0.25, 0.3) is 11.3 Å². The van der Waals surface area contributed by atoms with Crippen molar-refractivity contribution >= 4 is 6.21 Å². The maximum atomic E-state index is 14.1. The molecule has 0 saturated carbocycles. The Balaban J connectivity index is 2.35. The van der Waals surface area contributed by atoms with Gasteiger partial charge in [-0.1, -0.05) is 26.0 Å². The Kier molecular flexibility index (Phi) is 6.04. The molecule has 0 spiro atoms. The summed E-state index contributed by atoms with van der Waals surface area (Å²) < 4.78 is 52.1. The fraction of sp³-hybridized carbons (Fsp3) is 0.400. The van der Waals surface area contributed by atoms with Crippen molar-refractivity contribution in [2.75, 3.05) is 0 Å². The van der Waals surface area contributed by atoms with E-state index in [4.69, 9.17) is 0 Å². The van der Waals surface area contributed by atoms with Crippen molar-refractivity contribution in [3.8, 4) is 11.3 Å². The van der Waals surface area contributed by atoms with E-state index in [1.165, 1.54) is 30.5 Å². The maximum Gasteiger partial charge on any atom is 0.416 e. The summed E-state index contributed by atoms with van der Waals surface area (Å²) in [5, 5.41) is 10.2. The minimum absolute atomic E-state index is 0.0161. The van der Waals surface area contributed by atoms with Crippen LogP contribution in [0, 0.1) is 11.7 Å². The molecule has 27 heavy (non-hydrogen) atoms. The lowest BCUT2D eigenvalue weighted by atomic mass is 9.90. The predicted octanol–water partition coefficient (Wildman–Crippen LogP) is 5.12. The van der Waals surface area contributed by atoms with Crippen LogP contribution in [0.5, 0.6) is 0 Å². The quantitative estimate of drug-likeness (QED) is 0.576. The highest BCUT2D eigenvalue weighted by Crippen LogP contribution is 2.30. The smallest absolute Gasteiger partial charge is 0.388 e. The third-order valence-corrected chi connectivity index (χ3v) is 4.09. The third-order valence-electron chi connectivity index (χ3n) is 4.09.